The number of nitrogens with one attached hydrogen (secondary N) is 1. The maximum absolute atomic E-state index is 13.1. The number of amides is 2. The van der Waals surface area contributed by atoms with Crippen LogP contribution in [-0.4, -0.2) is 66.9 Å². The summed E-state index contributed by atoms with van der Waals surface area (Å²) in [4.78, 5) is 39.1. The maximum atomic E-state index is 13.1. The number of aliphatic hydroxyl groups excluding tert-OH is 1. The van der Waals surface area contributed by atoms with E-state index < -0.39 is 43.8 Å². The number of carbonyl (C=O) groups is 3. The van der Waals surface area contributed by atoms with Gasteiger partial charge in [0.2, 0.25) is 0 Å². The lowest BCUT2D eigenvalue weighted by molar-refractivity contribution is -0.154. The minimum Gasteiger partial charge on any atom is -0.511 e. The van der Waals surface area contributed by atoms with Gasteiger partial charge in [0.05, 0.1) is 6.61 Å². The lowest BCUT2D eigenvalue weighted by Gasteiger charge is -2.43. The fourth-order valence-electron chi connectivity index (χ4n) is 2.99. The molecule has 1 rings (SSSR count). The highest BCUT2D eigenvalue weighted by Gasteiger charge is 2.43. The third kappa shape index (κ3) is 7.35. The summed E-state index contributed by atoms with van der Waals surface area (Å²) < 4.78 is 11.3. The monoisotopic (exact) mass is 456 g/mol. The van der Waals surface area contributed by atoms with E-state index in [1.165, 1.54) is 0 Å². The molecule has 0 aliphatic carbocycles. The van der Waals surface area contributed by atoms with Crippen LogP contribution in [0.4, 0.5) is 0 Å². The maximum Gasteiger partial charge on any atom is 0.325 e. The Labute approximate surface area is 187 Å². The lowest BCUT2D eigenvalue weighted by Crippen LogP contribution is -2.55. The van der Waals surface area contributed by atoms with Crippen molar-refractivity contribution in [2.75, 3.05) is 19.7 Å². The summed E-state index contributed by atoms with van der Waals surface area (Å²) in [5.74, 6) is -2.27. The van der Waals surface area contributed by atoms with Crippen LogP contribution in [0.5, 0.6) is 0 Å². The first-order valence-corrected chi connectivity index (χ1v) is 13.6. The third-order valence-electron chi connectivity index (χ3n) is 5.70. The van der Waals surface area contributed by atoms with Crippen molar-refractivity contribution in [3.8, 4) is 0 Å². The number of nitrogens with zero attached hydrogens (tertiary/aromatic N) is 1. The van der Waals surface area contributed by atoms with Crippen molar-refractivity contribution in [1.29, 1.82) is 0 Å². The normalized spacial score (nSPS) is 17.6. The van der Waals surface area contributed by atoms with Gasteiger partial charge in [-0.3, -0.25) is 14.4 Å². The van der Waals surface area contributed by atoms with Crippen LogP contribution in [0.2, 0.25) is 18.1 Å². The molecule has 0 spiro atoms. The van der Waals surface area contributed by atoms with E-state index in [1.807, 2.05) is 13.8 Å². The standard InChI is InChI=1S/C22H40N2O6Si/c1-20(2,3)30-16(26)14-23-18(27)17-15(25)13-22(7,8)24(19(17)28)11-12-29-31(9,10)21(4,5)6/h25H,11-14H2,1-10H3,(H,23,27). The molecule has 178 valence electrons. The van der Waals surface area contributed by atoms with Gasteiger partial charge in [0.1, 0.15) is 23.5 Å². The first kappa shape index (κ1) is 27.2. The fourth-order valence-corrected chi connectivity index (χ4v) is 4.02. The predicted molar refractivity (Wildman–Crippen MR) is 122 cm³/mol. The van der Waals surface area contributed by atoms with Gasteiger partial charge in [-0.2, -0.15) is 0 Å². The van der Waals surface area contributed by atoms with Crippen LogP contribution in [0.15, 0.2) is 11.3 Å². The molecule has 0 unspecified atom stereocenters. The largest absolute Gasteiger partial charge is 0.511 e. The van der Waals surface area contributed by atoms with Crippen LogP contribution in [0.3, 0.4) is 0 Å². The number of aliphatic hydroxyl groups is 1. The Morgan fingerprint density at radius 3 is 2.19 bits per heavy atom. The molecule has 0 saturated heterocycles. The number of carbonyl (C=O) groups excluding carboxylic acids is 3. The summed E-state index contributed by atoms with van der Waals surface area (Å²) in [6.45, 7) is 19.8. The molecule has 2 amide bonds. The van der Waals surface area contributed by atoms with Gasteiger partial charge in [0.15, 0.2) is 8.32 Å². The highest BCUT2D eigenvalue weighted by atomic mass is 28.4. The summed E-state index contributed by atoms with van der Waals surface area (Å²) in [6.07, 6.45) is 0.133. The topological polar surface area (TPSA) is 105 Å². The predicted octanol–water partition coefficient (Wildman–Crippen LogP) is 3.29. The highest BCUT2D eigenvalue weighted by molar-refractivity contribution is 6.74. The second-order valence-electron chi connectivity index (χ2n) is 11.1. The van der Waals surface area contributed by atoms with Gasteiger partial charge in [-0.1, -0.05) is 20.8 Å². The summed E-state index contributed by atoms with van der Waals surface area (Å²) in [5.41, 5.74) is -1.70. The van der Waals surface area contributed by atoms with E-state index >= 15 is 0 Å². The molecule has 0 atom stereocenters. The van der Waals surface area contributed by atoms with Gasteiger partial charge in [0.25, 0.3) is 11.8 Å². The molecule has 0 fully saturated rings. The molecule has 1 aliphatic heterocycles. The second-order valence-corrected chi connectivity index (χ2v) is 16.0. The second kappa shape index (κ2) is 9.32. The van der Waals surface area contributed by atoms with E-state index in [0.29, 0.717) is 13.2 Å². The van der Waals surface area contributed by atoms with Gasteiger partial charge < -0.3 is 24.5 Å². The Hall–Kier alpha value is -1.87. The van der Waals surface area contributed by atoms with E-state index in [1.54, 1.807) is 25.7 Å². The molecule has 1 heterocycles. The molecule has 0 radical (unpaired) electrons. The van der Waals surface area contributed by atoms with Crippen molar-refractivity contribution < 1.29 is 28.7 Å². The van der Waals surface area contributed by atoms with Crippen LogP contribution >= 0.6 is 0 Å². The number of esters is 1. The fraction of sp³-hybridized carbons (Fsp3) is 0.773. The van der Waals surface area contributed by atoms with E-state index in [0.717, 1.165) is 0 Å². The average molecular weight is 457 g/mol. The first-order valence-electron chi connectivity index (χ1n) is 10.7. The molecule has 9 heteroatoms. The molecule has 8 nitrogen and oxygen atoms in total. The molecular weight excluding hydrogens is 416 g/mol. The molecule has 0 bridgehead atoms. The highest BCUT2D eigenvalue weighted by Crippen LogP contribution is 2.37. The molecular formula is C22H40N2O6Si. The lowest BCUT2D eigenvalue weighted by atomic mass is 9.89. The SMILES string of the molecule is CC(C)(C)OC(=O)CNC(=O)C1=C(O)CC(C)(C)N(CCO[Si](C)(C)C(C)(C)C)C1=O. The number of rotatable bonds is 7. The Balaban J connectivity index is 2.89. The van der Waals surface area contributed by atoms with E-state index in [2.05, 4.69) is 39.2 Å². The Bertz CT molecular complexity index is 744. The van der Waals surface area contributed by atoms with Crippen LogP contribution in [0.1, 0.15) is 61.8 Å². The van der Waals surface area contributed by atoms with E-state index in [9.17, 15) is 19.5 Å². The molecule has 1 aliphatic rings. The van der Waals surface area contributed by atoms with Gasteiger partial charge in [0, 0.05) is 18.5 Å². The van der Waals surface area contributed by atoms with Gasteiger partial charge in [-0.05, 0) is 52.8 Å². The van der Waals surface area contributed by atoms with Crippen molar-refractivity contribution >= 4 is 26.1 Å². The van der Waals surface area contributed by atoms with Gasteiger partial charge >= 0.3 is 5.97 Å². The van der Waals surface area contributed by atoms with Crippen LogP contribution in [0.25, 0.3) is 0 Å². The van der Waals surface area contributed by atoms with Gasteiger partial charge in [-0.25, -0.2) is 0 Å². The van der Waals surface area contributed by atoms with E-state index in [-0.39, 0.29) is 22.8 Å². The molecule has 0 aromatic heterocycles. The smallest absolute Gasteiger partial charge is 0.325 e. The summed E-state index contributed by atoms with van der Waals surface area (Å²) >= 11 is 0. The van der Waals surface area contributed by atoms with Crippen molar-refractivity contribution in [3.63, 3.8) is 0 Å². The van der Waals surface area contributed by atoms with Gasteiger partial charge in [-0.15, -0.1) is 0 Å². The first-order chi connectivity index (χ1) is 13.8. The van der Waals surface area contributed by atoms with Crippen LogP contribution in [0, 0.1) is 0 Å². The quantitative estimate of drug-likeness (QED) is 0.346. The molecule has 0 aromatic carbocycles. The van der Waals surface area contributed by atoms with Crippen LogP contribution in [-0.2, 0) is 23.5 Å². The summed E-state index contributed by atoms with van der Waals surface area (Å²) in [7, 11) is -1.99. The van der Waals surface area contributed by atoms with Crippen molar-refractivity contribution in [3.05, 3.63) is 11.3 Å². The van der Waals surface area contributed by atoms with E-state index in [4.69, 9.17) is 9.16 Å². The molecule has 2 N–H and O–H groups in total. The summed E-state index contributed by atoms with van der Waals surface area (Å²) in [6, 6.07) is 0. The minimum absolute atomic E-state index is 0.0410. The zero-order valence-electron chi connectivity index (χ0n) is 20.8. The summed E-state index contributed by atoms with van der Waals surface area (Å²) in [5, 5.41) is 12.8. The zero-order chi connectivity index (χ0) is 24.4. The Morgan fingerprint density at radius 1 is 1.16 bits per heavy atom. The number of ether oxygens (including phenoxy) is 1. The van der Waals surface area contributed by atoms with Crippen molar-refractivity contribution in [2.45, 2.75) is 91.1 Å². The molecule has 0 aromatic rings. The molecule has 31 heavy (non-hydrogen) atoms. The Kier molecular flexibility index (Phi) is 8.17. The number of hydrogen-bond donors (Lipinski definition) is 2. The minimum atomic E-state index is -1.99. The Morgan fingerprint density at radius 2 is 1.71 bits per heavy atom. The number of hydrogen-bond acceptors (Lipinski definition) is 6. The van der Waals surface area contributed by atoms with Crippen LogP contribution < -0.4 is 5.32 Å². The third-order valence-corrected chi connectivity index (χ3v) is 10.2. The average Bonchev–Trinajstić information content (AvgIpc) is 2.52. The zero-order valence-corrected chi connectivity index (χ0v) is 21.8. The van der Waals surface area contributed by atoms with Crippen molar-refractivity contribution in [2.24, 2.45) is 0 Å². The van der Waals surface area contributed by atoms with Crippen molar-refractivity contribution in [1.82, 2.24) is 10.2 Å². The molecule has 0 saturated carbocycles.